The number of rotatable bonds is 2. The highest BCUT2D eigenvalue weighted by Gasteiger charge is 2.35. The molecule has 1 aliphatic heterocycles. The number of benzene rings is 1. The van der Waals surface area contributed by atoms with E-state index in [0.29, 0.717) is 5.25 Å². The molecule has 0 amide bonds. The van der Waals surface area contributed by atoms with E-state index < -0.39 is 0 Å². The van der Waals surface area contributed by atoms with Gasteiger partial charge in [0.1, 0.15) is 0 Å². The highest BCUT2D eigenvalue weighted by atomic mass is 79.9. The SMILES string of the molecule is Clc1cc(NC2=NCC(C3CC3)S2)ccc1Br. The maximum atomic E-state index is 6.05. The topological polar surface area (TPSA) is 24.4 Å². The quantitative estimate of drug-likeness (QED) is 0.869. The maximum Gasteiger partial charge on any atom is 0.161 e. The minimum absolute atomic E-state index is 0.698. The van der Waals surface area contributed by atoms with Crippen LogP contribution in [0.25, 0.3) is 0 Å². The number of thioether (sulfide) groups is 1. The Morgan fingerprint density at radius 2 is 2.24 bits per heavy atom. The smallest absolute Gasteiger partial charge is 0.161 e. The van der Waals surface area contributed by atoms with Gasteiger partial charge in [0.25, 0.3) is 0 Å². The summed E-state index contributed by atoms with van der Waals surface area (Å²) in [4.78, 5) is 4.54. The molecule has 1 unspecified atom stereocenters. The second-order valence-corrected chi connectivity index (χ2v) is 6.88. The molecule has 1 aliphatic carbocycles. The number of nitrogens with one attached hydrogen (secondary N) is 1. The molecule has 90 valence electrons. The van der Waals surface area contributed by atoms with Crippen LogP contribution in [0.15, 0.2) is 27.7 Å². The van der Waals surface area contributed by atoms with Crippen molar-refractivity contribution in [3.05, 3.63) is 27.7 Å². The lowest BCUT2D eigenvalue weighted by atomic mass is 10.3. The number of anilines is 1. The van der Waals surface area contributed by atoms with E-state index >= 15 is 0 Å². The third-order valence-corrected chi connectivity index (χ3v) is 5.52. The van der Waals surface area contributed by atoms with Crippen LogP contribution in [-0.2, 0) is 0 Å². The molecule has 1 aromatic carbocycles. The van der Waals surface area contributed by atoms with Crippen molar-refractivity contribution in [1.29, 1.82) is 0 Å². The summed E-state index contributed by atoms with van der Waals surface area (Å²) in [7, 11) is 0. The number of halogens is 2. The Hall–Kier alpha value is -0.190. The van der Waals surface area contributed by atoms with Crippen LogP contribution in [0.4, 0.5) is 5.69 Å². The Morgan fingerprint density at radius 3 is 2.94 bits per heavy atom. The van der Waals surface area contributed by atoms with Crippen molar-refractivity contribution in [3.63, 3.8) is 0 Å². The lowest BCUT2D eigenvalue weighted by molar-refractivity contribution is 0.773. The molecule has 0 aromatic heterocycles. The van der Waals surface area contributed by atoms with E-state index in [1.165, 1.54) is 12.8 Å². The molecule has 2 aliphatic rings. The van der Waals surface area contributed by atoms with E-state index in [1.54, 1.807) is 0 Å². The average Bonchev–Trinajstić information content (AvgIpc) is 3.06. The number of hydrogen-bond acceptors (Lipinski definition) is 3. The molecule has 1 heterocycles. The lowest BCUT2D eigenvalue weighted by Crippen LogP contribution is -2.08. The van der Waals surface area contributed by atoms with Gasteiger partial charge < -0.3 is 5.32 Å². The minimum atomic E-state index is 0.698. The standard InChI is InChI=1S/C12H12BrClN2S/c13-9-4-3-8(5-10(9)14)16-12-15-6-11(17-12)7-1-2-7/h3-5,7,11H,1-2,6H2,(H,15,16). The molecule has 5 heteroatoms. The van der Waals surface area contributed by atoms with Crippen molar-refractivity contribution in [2.75, 3.05) is 11.9 Å². The monoisotopic (exact) mass is 330 g/mol. The van der Waals surface area contributed by atoms with Crippen LogP contribution in [-0.4, -0.2) is 17.0 Å². The van der Waals surface area contributed by atoms with Crippen molar-refractivity contribution < 1.29 is 0 Å². The molecule has 2 nitrogen and oxygen atoms in total. The lowest BCUT2D eigenvalue weighted by Gasteiger charge is -2.08. The van der Waals surface area contributed by atoms with Crippen LogP contribution in [0.5, 0.6) is 0 Å². The van der Waals surface area contributed by atoms with Crippen LogP contribution in [0, 0.1) is 5.92 Å². The molecule has 1 saturated carbocycles. The summed E-state index contributed by atoms with van der Waals surface area (Å²) in [5, 5.41) is 5.77. The number of hydrogen-bond donors (Lipinski definition) is 1. The summed E-state index contributed by atoms with van der Waals surface area (Å²) in [5.41, 5.74) is 1.00. The van der Waals surface area contributed by atoms with E-state index in [0.717, 1.165) is 32.8 Å². The molecule has 1 atom stereocenters. The van der Waals surface area contributed by atoms with Crippen molar-refractivity contribution in [2.24, 2.45) is 10.9 Å². The van der Waals surface area contributed by atoms with Crippen molar-refractivity contribution in [2.45, 2.75) is 18.1 Å². The van der Waals surface area contributed by atoms with Gasteiger partial charge in [-0.2, -0.15) is 0 Å². The van der Waals surface area contributed by atoms with Crippen molar-refractivity contribution in [1.82, 2.24) is 0 Å². The van der Waals surface area contributed by atoms with Gasteiger partial charge in [-0.1, -0.05) is 23.4 Å². The summed E-state index contributed by atoms with van der Waals surface area (Å²) in [6.07, 6.45) is 2.76. The number of aliphatic imine (C=N–C) groups is 1. The summed E-state index contributed by atoms with van der Waals surface area (Å²) < 4.78 is 0.918. The molecule has 1 fully saturated rings. The fourth-order valence-corrected chi connectivity index (χ4v) is 3.52. The Balaban J connectivity index is 1.64. The Labute approximate surface area is 118 Å². The van der Waals surface area contributed by atoms with Gasteiger partial charge in [0.2, 0.25) is 0 Å². The first kappa shape index (κ1) is 11.9. The Morgan fingerprint density at radius 1 is 1.41 bits per heavy atom. The fourth-order valence-electron chi connectivity index (χ4n) is 1.87. The van der Waals surface area contributed by atoms with Gasteiger partial charge in [-0.25, -0.2) is 0 Å². The van der Waals surface area contributed by atoms with Gasteiger partial charge in [0.15, 0.2) is 5.17 Å². The molecule has 1 aromatic rings. The van der Waals surface area contributed by atoms with Gasteiger partial charge in [0.05, 0.1) is 11.6 Å². The number of nitrogens with zero attached hydrogens (tertiary/aromatic N) is 1. The van der Waals surface area contributed by atoms with E-state index in [-0.39, 0.29) is 0 Å². The summed E-state index contributed by atoms with van der Waals surface area (Å²) >= 11 is 11.3. The minimum Gasteiger partial charge on any atom is -0.335 e. The predicted molar refractivity (Wildman–Crippen MR) is 79.2 cm³/mol. The molecule has 17 heavy (non-hydrogen) atoms. The zero-order valence-electron chi connectivity index (χ0n) is 9.12. The first-order valence-electron chi connectivity index (χ1n) is 5.65. The highest BCUT2D eigenvalue weighted by Crippen LogP contribution is 2.42. The molecular weight excluding hydrogens is 320 g/mol. The fraction of sp³-hybridized carbons (Fsp3) is 0.417. The second-order valence-electron chi connectivity index (χ2n) is 4.39. The van der Waals surface area contributed by atoms with Crippen LogP contribution >= 0.6 is 39.3 Å². The van der Waals surface area contributed by atoms with Crippen molar-refractivity contribution >= 4 is 50.1 Å². The van der Waals surface area contributed by atoms with E-state index in [9.17, 15) is 0 Å². The average molecular weight is 332 g/mol. The summed E-state index contributed by atoms with van der Waals surface area (Å²) in [5.74, 6) is 0.900. The van der Waals surface area contributed by atoms with E-state index in [4.69, 9.17) is 11.6 Å². The normalized spacial score (nSPS) is 23.6. The number of amidine groups is 1. The van der Waals surface area contributed by atoms with E-state index in [1.807, 2.05) is 30.0 Å². The molecule has 0 bridgehead atoms. The Kier molecular flexibility index (Phi) is 3.37. The molecular formula is C12H12BrClN2S. The molecule has 0 saturated heterocycles. The van der Waals surface area contributed by atoms with Crippen LogP contribution in [0.3, 0.4) is 0 Å². The predicted octanol–water partition coefficient (Wildman–Crippen LogP) is 4.40. The second kappa shape index (κ2) is 4.82. The summed E-state index contributed by atoms with van der Waals surface area (Å²) in [6, 6.07) is 5.87. The Bertz CT molecular complexity index is 474. The zero-order valence-corrected chi connectivity index (χ0v) is 12.3. The first-order valence-corrected chi connectivity index (χ1v) is 7.70. The van der Waals surface area contributed by atoms with Crippen molar-refractivity contribution in [3.8, 4) is 0 Å². The van der Waals surface area contributed by atoms with Gasteiger partial charge >= 0.3 is 0 Å². The zero-order chi connectivity index (χ0) is 11.8. The van der Waals surface area contributed by atoms with Gasteiger partial charge in [-0.15, -0.1) is 0 Å². The largest absolute Gasteiger partial charge is 0.335 e. The molecule has 1 N–H and O–H groups in total. The van der Waals surface area contributed by atoms with Gasteiger partial charge in [-0.3, -0.25) is 4.99 Å². The van der Waals surface area contributed by atoms with Crippen LogP contribution in [0.1, 0.15) is 12.8 Å². The van der Waals surface area contributed by atoms with E-state index in [2.05, 4.69) is 26.2 Å². The summed E-state index contributed by atoms with van der Waals surface area (Å²) in [6.45, 7) is 0.960. The third kappa shape index (κ3) is 2.80. The third-order valence-electron chi connectivity index (χ3n) is 3.00. The molecule has 0 radical (unpaired) electrons. The molecule has 3 rings (SSSR count). The van der Waals surface area contributed by atoms with Crippen LogP contribution < -0.4 is 5.32 Å². The first-order chi connectivity index (χ1) is 8.22. The maximum absolute atomic E-state index is 6.05. The highest BCUT2D eigenvalue weighted by molar-refractivity contribution is 9.10. The molecule has 0 spiro atoms. The van der Waals surface area contributed by atoms with Gasteiger partial charge in [0, 0.05) is 15.4 Å². The van der Waals surface area contributed by atoms with Gasteiger partial charge in [-0.05, 0) is 52.9 Å². The van der Waals surface area contributed by atoms with Crippen LogP contribution in [0.2, 0.25) is 5.02 Å².